The molecule has 0 aromatic heterocycles. The molecule has 24 heavy (non-hydrogen) atoms. The number of hydrogen-bond donors (Lipinski definition) is 2. The van der Waals surface area contributed by atoms with Gasteiger partial charge in [0.05, 0.1) is 4.90 Å². The molecule has 126 valence electrons. The van der Waals surface area contributed by atoms with Crippen molar-refractivity contribution in [2.45, 2.75) is 4.90 Å². The van der Waals surface area contributed by atoms with Gasteiger partial charge in [-0.15, -0.1) is 0 Å². The molecule has 0 radical (unpaired) electrons. The average molecular weight is 347 g/mol. The van der Waals surface area contributed by atoms with Crippen molar-refractivity contribution in [3.8, 4) is 0 Å². The van der Waals surface area contributed by atoms with E-state index in [1.54, 1.807) is 14.1 Å². The molecule has 0 fully saturated rings. The number of amides is 2. The van der Waals surface area contributed by atoms with Gasteiger partial charge in [0.25, 0.3) is 15.9 Å². The smallest absolute Gasteiger partial charge is 0.261 e. The predicted molar refractivity (Wildman–Crippen MR) is 90.2 cm³/mol. The van der Waals surface area contributed by atoms with Gasteiger partial charge in [-0.05, 0) is 48.5 Å². The van der Waals surface area contributed by atoms with Gasteiger partial charge in [-0.1, -0.05) is 0 Å². The van der Waals surface area contributed by atoms with Gasteiger partial charge < -0.3 is 10.6 Å². The van der Waals surface area contributed by atoms with Gasteiger partial charge in [0.1, 0.15) is 0 Å². The monoisotopic (exact) mass is 347 g/mol. The van der Waals surface area contributed by atoms with Crippen LogP contribution in [0.15, 0.2) is 53.4 Å². The van der Waals surface area contributed by atoms with Crippen molar-refractivity contribution in [2.24, 2.45) is 5.73 Å². The van der Waals surface area contributed by atoms with Crippen LogP contribution < -0.4 is 10.5 Å². The number of benzene rings is 2. The number of carbonyl (C=O) groups is 2. The highest BCUT2D eigenvalue weighted by Crippen LogP contribution is 2.17. The van der Waals surface area contributed by atoms with Crippen LogP contribution in [0.2, 0.25) is 0 Å². The van der Waals surface area contributed by atoms with Crippen molar-refractivity contribution >= 4 is 27.5 Å². The third-order valence-electron chi connectivity index (χ3n) is 3.24. The molecule has 0 aliphatic rings. The third-order valence-corrected chi connectivity index (χ3v) is 4.64. The summed E-state index contributed by atoms with van der Waals surface area (Å²) in [4.78, 5) is 24.2. The Morgan fingerprint density at radius 2 is 1.42 bits per heavy atom. The summed E-state index contributed by atoms with van der Waals surface area (Å²) in [6.45, 7) is 0. The minimum atomic E-state index is -3.80. The summed E-state index contributed by atoms with van der Waals surface area (Å²) in [7, 11) is -0.569. The molecule has 2 aromatic rings. The largest absolute Gasteiger partial charge is 0.366 e. The zero-order valence-corrected chi connectivity index (χ0v) is 14.0. The summed E-state index contributed by atoms with van der Waals surface area (Å²) in [6, 6.07) is 11.4. The van der Waals surface area contributed by atoms with E-state index in [9.17, 15) is 18.0 Å². The summed E-state index contributed by atoms with van der Waals surface area (Å²) in [5.41, 5.74) is 6.11. The molecule has 2 aromatic carbocycles. The number of primary amides is 1. The molecule has 2 amide bonds. The number of nitrogens with zero attached hydrogens (tertiary/aromatic N) is 1. The zero-order valence-electron chi connectivity index (χ0n) is 13.2. The highest BCUT2D eigenvalue weighted by atomic mass is 32.2. The predicted octanol–water partition coefficient (Wildman–Crippen LogP) is 1.29. The second-order valence-corrected chi connectivity index (χ2v) is 6.95. The first-order valence-corrected chi connectivity index (χ1v) is 8.43. The fourth-order valence-electron chi connectivity index (χ4n) is 1.95. The highest BCUT2D eigenvalue weighted by molar-refractivity contribution is 7.92. The lowest BCUT2D eigenvalue weighted by Crippen LogP contribution is -2.21. The van der Waals surface area contributed by atoms with Gasteiger partial charge in [0.15, 0.2) is 0 Å². The molecule has 0 saturated carbocycles. The van der Waals surface area contributed by atoms with Crippen molar-refractivity contribution in [3.05, 3.63) is 59.7 Å². The SMILES string of the molecule is CN(C)C(=O)c1ccc(S(=O)(=O)Nc2ccc(C(N)=O)cc2)cc1. The molecule has 0 aliphatic heterocycles. The second-order valence-electron chi connectivity index (χ2n) is 5.27. The van der Waals surface area contributed by atoms with Crippen molar-refractivity contribution in [3.63, 3.8) is 0 Å². The maximum absolute atomic E-state index is 12.3. The van der Waals surface area contributed by atoms with Crippen LogP contribution in [0.1, 0.15) is 20.7 Å². The molecular formula is C16H17N3O4S. The van der Waals surface area contributed by atoms with E-state index in [4.69, 9.17) is 5.73 Å². The number of nitrogens with two attached hydrogens (primary N) is 1. The first-order chi connectivity index (χ1) is 11.2. The van der Waals surface area contributed by atoms with Gasteiger partial charge in [-0.3, -0.25) is 14.3 Å². The fourth-order valence-corrected chi connectivity index (χ4v) is 3.01. The summed E-state index contributed by atoms with van der Waals surface area (Å²) in [6.07, 6.45) is 0. The molecular weight excluding hydrogens is 330 g/mol. The summed E-state index contributed by atoms with van der Waals surface area (Å²) >= 11 is 0. The van der Waals surface area contributed by atoms with Crippen LogP contribution in [0.4, 0.5) is 5.69 Å². The fraction of sp³-hybridized carbons (Fsp3) is 0.125. The Morgan fingerprint density at radius 1 is 0.917 bits per heavy atom. The molecule has 0 bridgehead atoms. The lowest BCUT2D eigenvalue weighted by molar-refractivity contribution is 0.0827. The van der Waals surface area contributed by atoms with Crippen LogP contribution in [-0.2, 0) is 10.0 Å². The van der Waals surface area contributed by atoms with E-state index in [-0.39, 0.29) is 16.4 Å². The van der Waals surface area contributed by atoms with E-state index < -0.39 is 15.9 Å². The molecule has 0 heterocycles. The van der Waals surface area contributed by atoms with E-state index in [1.165, 1.54) is 53.4 Å². The van der Waals surface area contributed by atoms with Crippen molar-refractivity contribution in [1.29, 1.82) is 0 Å². The molecule has 0 aliphatic carbocycles. The minimum absolute atomic E-state index is 0.0248. The van der Waals surface area contributed by atoms with E-state index in [0.717, 1.165) is 0 Å². The molecule has 0 atom stereocenters. The summed E-state index contributed by atoms with van der Waals surface area (Å²) in [5.74, 6) is -0.806. The van der Waals surface area contributed by atoms with Crippen molar-refractivity contribution < 1.29 is 18.0 Å². The first kappa shape index (κ1) is 17.5. The molecule has 3 N–H and O–H groups in total. The van der Waals surface area contributed by atoms with Crippen LogP contribution >= 0.6 is 0 Å². The van der Waals surface area contributed by atoms with Gasteiger partial charge in [0.2, 0.25) is 5.91 Å². The molecule has 0 spiro atoms. The molecule has 8 heteroatoms. The number of carbonyl (C=O) groups excluding carboxylic acids is 2. The first-order valence-electron chi connectivity index (χ1n) is 6.95. The number of rotatable bonds is 5. The maximum atomic E-state index is 12.3. The number of sulfonamides is 1. The topological polar surface area (TPSA) is 110 Å². The lowest BCUT2D eigenvalue weighted by Gasteiger charge is -2.11. The highest BCUT2D eigenvalue weighted by Gasteiger charge is 2.16. The second kappa shape index (κ2) is 6.71. The minimum Gasteiger partial charge on any atom is -0.366 e. The van der Waals surface area contributed by atoms with E-state index in [0.29, 0.717) is 11.3 Å². The Bertz CT molecular complexity index is 857. The maximum Gasteiger partial charge on any atom is 0.261 e. The number of anilines is 1. The number of hydrogen-bond acceptors (Lipinski definition) is 4. The third kappa shape index (κ3) is 3.90. The quantitative estimate of drug-likeness (QED) is 0.849. The van der Waals surface area contributed by atoms with Crippen molar-refractivity contribution in [1.82, 2.24) is 4.90 Å². The molecule has 0 unspecified atom stereocenters. The van der Waals surface area contributed by atoms with E-state index in [2.05, 4.69) is 4.72 Å². The van der Waals surface area contributed by atoms with Gasteiger partial charge >= 0.3 is 0 Å². The Labute approximate surface area is 140 Å². The summed E-state index contributed by atoms with van der Waals surface area (Å²) < 4.78 is 27.1. The van der Waals surface area contributed by atoms with Gasteiger partial charge in [-0.2, -0.15) is 0 Å². The van der Waals surface area contributed by atoms with Crippen LogP contribution in [0.25, 0.3) is 0 Å². The van der Waals surface area contributed by atoms with E-state index >= 15 is 0 Å². The lowest BCUT2D eigenvalue weighted by atomic mass is 10.2. The van der Waals surface area contributed by atoms with Crippen LogP contribution in [-0.4, -0.2) is 39.2 Å². The van der Waals surface area contributed by atoms with Crippen LogP contribution in [0.3, 0.4) is 0 Å². The Kier molecular flexibility index (Phi) is 4.89. The van der Waals surface area contributed by atoms with Gasteiger partial charge in [-0.25, -0.2) is 8.42 Å². The molecule has 7 nitrogen and oxygen atoms in total. The van der Waals surface area contributed by atoms with Gasteiger partial charge in [0, 0.05) is 30.9 Å². The van der Waals surface area contributed by atoms with Crippen molar-refractivity contribution in [2.75, 3.05) is 18.8 Å². The standard InChI is InChI=1S/C16H17N3O4S/c1-19(2)16(21)12-5-9-14(10-6-12)24(22,23)18-13-7-3-11(4-8-13)15(17)20/h3-10,18H,1-2H3,(H2,17,20). The Balaban J connectivity index is 2.21. The average Bonchev–Trinajstić information content (AvgIpc) is 2.54. The summed E-state index contributed by atoms with van der Waals surface area (Å²) in [5, 5.41) is 0. The Morgan fingerprint density at radius 3 is 1.88 bits per heavy atom. The molecule has 0 saturated heterocycles. The zero-order chi connectivity index (χ0) is 17.9. The normalized spacial score (nSPS) is 10.9. The number of nitrogens with one attached hydrogen (secondary N) is 1. The van der Waals surface area contributed by atoms with Crippen LogP contribution in [0.5, 0.6) is 0 Å². The Hall–Kier alpha value is -2.87. The molecule has 2 rings (SSSR count). The van der Waals surface area contributed by atoms with E-state index in [1.807, 2.05) is 0 Å². The van der Waals surface area contributed by atoms with Crippen LogP contribution in [0, 0.1) is 0 Å².